The molecule has 4 aromatic carbocycles. The molecule has 0 N–H and O–H groups in total. The third-order valence-corrected chi connectivity index (χ3v) is 29.7. The first-order valence-electron chi connectivity index (χ1n) is 26.8. The van der Waals surface area contributed by atoms with Crippen LogP contribution in [-0.2, 0) is 52.7 Å². The molecule has 0 fully saturated rings. The van der Waals surface area contributed by atoms with E-state index in [9.17, 15) is 0 Å². The van der Waals surface area contributed by atoms with Crippen molar-refractivity contribution < 1.29 is 27.5 Å². The number of hydrogen-bond donors (Lipinski definition) is 0. The van der Waals surface area contributed by atoms with E-state index < -0.39 is 25.0 Å². The van der Waals surface area contributed by atoms with E-state index in [4.69, 9.17) is 42.5 Å². The normalized spacial score (nSPS) is 18.8. The van der Waals surface area contributed by atoms with Gasteiger partial charge in [-0.25, -0.2) is 15.0 Å². The van der Waals surface area contributed by atoms with Gasteiger partial charge in [0, 0.05) is 19.3 Å². The van der Waals surface area contributed by atoms with Gasteiger partial charge in [-0.3, -0.25) is 0 Å². The molecule has 0 saturated carbocycles. The van der Waals surface area contributed by atoms with Crippen molar-refractivity contribution in [3.05, 3.63) is 123 Å². The van der Waals surface area contributed by atoms with Crippen molar-refractivity contribution in [1.82, 2.24) is 0 Å². The number of nitrogens with zero attached hydrogens (tertiary/aromatic N) is 3. The summed E-state index contributed by atoms with van der Waals surface area (Å²) >= 11 is 0. The summed E-state index contributed by atoms with van der Waals surface area (Å²) in [6.45, 7) is 42.6. The lowest BCUT2D eigenvalue weighted by molar-refractivity contribution is 0.313. The van der Waals surface area contributed by atoms with Gasteiger partial charge in [0.2, 0.25) is 25.0 Å². The van der Waals surface area contributed by atoms with Crippen LogP contribution in [-0.4, -0.2) is 62.5 Å². The van der Waals surface area contributed by atoms with E-state index in [1.165, 1.54) is 33.4 Å². The first-order chi connectivity index (χ1) is 33.6. The van der Waals surface area contributed by atoms with Crippen molar-refractivity contribution in [2.75, 3.05) is 19.8 Å². The van der Waals surface area contributed by atoms with Crippen molar-refractivity contribution >= 4 is 42.6 Å². The van der Waals surface area contributed by atoms with Crippen molar-refractivity contribution in [1.29, 1.82) is 0 Å². The molecule has 390 valence electrons. The molecule has 3 aliphatic rings. The summed E-state index contributed by atoms with van der Waals surface area (Å²) in [4.78, 5) is 15.9. The van der Waals surface area contributed by atoms with Crippen LogP contribution in [0.25, 0.3) is 0 Å². The van der Waals surface area contributed by atoms with Crippen LogP contribution in [0.1, 0.15) is 151 Å². The fraction of sp³-hybridized carbons (Fsp3) is 0.550. The molecule has 72 heavy (non-hydrogen) atoms. The van der Waals surface area contributed by atoms with Gasteiger partial charge in [0.15, 0.2) is 17.7 Å². The van der Waals surface area contributed by atoms with Crippen LogP contribution in [0.2, 0.25) is 54.4 Å². The van der Waals surface area contributed by atoms with Crippen LogP contribution in [0.15, 0.2) is 87.8 Å². The second-order valence-electron chi connectivity index (χ2n) is 24.8. The quantitative estimate of drug-likeness (QED) is 0.0922. The largest absolute Gasteiger partial charge is 0.543 e. The molecule has 0 unspecified atom stereocenters. The first-order valence-corrected chi connectivity index (χ1v) is 35.5. The maximum atomic E-state index is 6.74. The molecule has 3 heterocycles. The molecule has 0 spiro atoms. The summed E-state index contributed by atoms with van der Waals surface area (Å²) in [7, 11) is -6.07. The van der Waals surface area contributed by atoms with E-state index in [1.54, 1.807) is 0 Å². The Morgan fingerprint density at radius 1 is 0.417 bits per heavy atom. The van der Waals surface area contributed by atoms with E-state index in [0.29, 0.717) is 39.1 Å². The van der Waals surface area contributed by atoms with E-state index in [0.717, 1.165) is 70.9 Å². The van der Waals surface area contributed by atoms with Gasteiger partial charge in [0.1, 0.15) is 55.2 Å². The highest BCUT2D eigenvalue weighted by Crippen LogP contribution is 2.42. The molecule has 0 bridgehead atoms. The number of rotatable bonds is 18. The third-order valence-electron chi connectivity index (χ3n) is 16.6. The monoisotopic (exact) mass is 1030 g/mol. The van der Waals surface area contributed by atoms with Crippen molar-refractivity contribution in [3.8, 4) is 17.2 Å². The fourth-order valence-corrected chi connectivity index (χ4v) is 12.3. The molecular weight excluding hydrogens is 943 g/mol. The van der Waals surface area contributed by atoms with Crippen LogP contribution in [0.4, 0.5) is 0 Å². The third kappa shape index (κ3) is 12.3. The first kappa shape index (κ1) is 55.1. The number of ether oxygens (including phenoxy) is 3. The Bertz CT molecular complexity index is 2380. The van der Waals surface area contributed by atoms with Gasteiger partial charge >= 0.3 is 0 Å². The van der Waals surface area contributed by atoms with Crippen LogP contribution in [0, 0.1) is 0 Å². The van der Waals surface area contributed by atoms with Gasteiger partial charge in [0.05, 0.1) is 0 Å². The fourth-order valence-electron chi connectivity index (χ4n) is 9.24. The predicted octanol–water partition coefficient (Wildman–Crippen LogP) is 15.7. The minimum absolute atomic E-state index is 0.0953. The molecular formula is C60H87N3O6Si3. The van der Waals surface area contributed by atoms with Gasteiger partial charge in [-0.1, -0.05) is 119 Å². The lowest BCUT2D eigenvalue weighted by Gasteiger charge is -2.36. The molecule has 3 aliphatic heterocycles. The van der Waals surface area contributed by atoms with E-state index in [1.807, 2.05) is 0 Å². The van der Waals surface area contributed by atoms with Gasteiger partial charge < -0.3 is 27.5 Å². The molecule has 9 nitrogen and oxygen atoms in total. The van der Waals surface area contributed by atoms with Gasteiger partial charge in [-0.05, 0) is 160 Å². The lowest BCUT2D eigenvalue weighted by atomic mass is 9.80. The molecule has 12 heteroatoms. The van der Waals surface area contributed by atoms with Crippen molar-refractivity contribution in [2.45, 2.75) is 194 Å². The number of hydrogen-bond acceptors (Lipinski definition) is 9. The topological polar surface area (TPSA) is 92.5 Å². The zero-order valence-corrected chi connectivity index (χ0v) is 50.3. The molecule has 0 aromatic heterocycles. The summed E-state index contributed by atoms with van der Waals surface area (Å²) in [5.74, 6) is 5.03. The Labute approximate surface area is 437 Å². The average Bonchev–Trinajstić information content (AvgIpc) is 4.08. The minimum Gasteiger partial charge on any atom is -0.543 e. The van der Waals surface area contributed by atoms with Gasteiger partial charge in [0.25, 0.3) is 0 Å². The Morgan fingerprint density at radius 3 is 0.889 bits per heavy atom. The molecule has 0 aliphatic carbocycles. The smallest absolute Gasteiger partial charge is 0.250 e. The van der Waals surface area contributed by atoms with Gasteiger partial charge in [-0.2, -0.15) is 0 Å². The van der Waals surface area contributed by atoms with Crippen molar-refractivity contribution in [3.63, 3.8) is 0 Å². The summed E-state index contributed by atoms with van der Waals surface area (Å²) in [5, 5.41) is 0.286. The Hall–Kier alpha value is -4.66. The summed E-state index contributed by atoms with van der Waals surface area (Å²) in [6.07, 6.45) is 4.35. The summed E-state index contributed by atoms with van der Waals surface area (Å²) < 4.78 is 39.9. The average molecular weight is 1030 g/mol. The SMILES string of the molecule is CCc1c(CC2=N[C@@H](c3cccc(O[Si](C)(C)C(C)(C)C)c3)CO2)c(CC)c(CC2=N[C@@H](c3cccc(O[Si](C)(C)C(C)(C)C)c3)CO2)c(CC)c1CC1=N[C@@H](c2cccc(O[Si](C)(C)C(C)(C)C)c2)CO1. The predicted molar refractivity (Wildman–Crippen MR) is 307 cm³/mol. The second-order valence-corrected chi connectivity index (χ2v) is 39.0. The summed E-state index contributed by atoms with van der Waals surface area (Å²) in [5.41, 5.74) is 11.2. The van der Waals surface area contributed by atoms with Crippen LogP contribution in [0.5, 0.6) is 17.2 Å². The number of benzene rings is 4. The second kappa shape index (κ2) is 21.3. The highest BCUT2D eigenvalue weighted by atomic mass is 28.4. The highest BCUT2D eigenvalue weighted by molar-refractivity contribution is 6.75. The molecule has 0 saturated heterocycles. The Morgan fingerprint density at radius 2 is 0.667 bits per heavy atom. The van der Waals surface area contributed by atoms with E-state index in [2.05, 4.69) is 195 Å². The van der Waals surface area contributed by atoms with Crippen LogP contribution in [0.3, 0.4) is 0 Å². The molecule has 0 amide bonds. The van der Waals surface area contributed by atoms with E-state index >= 15 is 0 Å². The molecule has 4 aromatic rings. The minimum atomic E-state index is -2.02. The van der Waals surface area contributed by atoms with Crippen molar-refractivity contribution in [2.24, 2.45) is 15.0 Å². The van der Waals surface area contributed by atoms with Crippen LogP contribution >= 0.6 is 0 Å². The zero-order chi connectivity index (χ0) is 52.6. The van der Waals surface area contributed by atoms with Crippen LogP contribution < -0.4 is 13.3 Å². The maximum absolute atomic E-state index is 6.74. The number of aliphatic imine (C=N–C) groups is 3. The zero-order valence-electron chi connectivity index (χ0n) is 47.3. The Balaban J connectivity index is 1.25. The highest BCUT2D eigenvalue weighted by Gasteiger charge is 2.41. The molecule has 3 atom stereocenters. The summed E-state index contributed by atoms with van der Waals surface area (Å²) in [6, 6.07) is 25.1. The lowest BCUT2D eigenvalue weighted by Crippen LogP contribution is -2.43. The molecule has 0 radical (unpaired) electrons. The molecule has 7 rings (SSSR count). The maximum Gasteiger partial charge on any atom is 0.250 e. The Kier molecular flexibility index (Phi) is 16.3. The van der Waals surface area contributed by atoms with Gasteiger partial charge in [-0.15, -0.1) is 0 Å². The standard InChI is InChI=1S/C60H87N3O6Si3/c1-19-46-49(34-55-61-52(37-64-55)40-25-22-28-43(31-40)67-70(13,14)58(4,5)6)47(20-2)51(36-57-63-54(39-66-57)42-27-24-30-45(33-42)69-72(17,18)60(10,11)12)48(21-3)50(46)35-56-62-53(38-65-56)41-26-23-29-44(32-41)68-71(15,16)59(7,8)9/h22-33,52-54H,19-21,34-39H2,1-18H3/t52-,53-,54-/m1/s1. The van der Waals surface area contributed by atoms with E-state index in [-0.39, 0.29) is 33.2 Å².